The monoisotopic (exact) mass is 357 g/mol. The number of aromatic nitrogens is 2. The molecule has 2 aliphatic heterocycles. The predicted molar refractivity (Wildman–Crippen MR) is 95.7 cm³/mol. The van der Waals surface area contributed by atoms with E-state index < -0.39 is 0 Å². The number of hydrogen-bond acceptors (Lipinski definition) is 5. The molecule has 0 aliphatic carbocycles. The van der Waals surface area contributed by atoms with Crippen molar-refractivity contribution >= 4 is 22.8 Å². The highest BCUT2D eigenvalue weighted by atomic mass is 16.3. The number of amides is 2. The smallest absolute Gasteiger partial charge is 0.254 e. The number of piperazine rings is 2. The maximum absolute atomic E-state index is 12.9. The second-order valence-electron chi connectivity index (χ2n) is 6.93. The maximum Gasteiger partial charge on any atom is 0.254 e. The Kier molecular flexibility index (Phi) is 4.37. The van der Waals surface area contributed by atoms with Crippen LogP contribution in [0.5, 0.6) is 0 Å². The van der Waals surface area contributed by atoms with E-state index in [0.29, 0.717) is 25.2 Å². The van der Waals surface area contributed by atoms with Crippen LogP contribution in [0.1, 0.15) is 10.4 Å². The highest BCUT2D eigenvalue weighted by Crippen LogP contribution is 2.20. The predicted octanol–water partition coefficient (Wildman–Crippen LogP) is -0.373. The van der Waals surface area contributed by atoms with Crippen molar-refractivity contribution in [1.82, 2.24) is 24.3 Å². The van der Waals surface area contributed by atoms with Crippen molar-refractivity contribution in [3.05, 3.63) is 30.1 Å². The minimum Gasteiger partial charge on any atom is -0.395 e. The number of carbonyl (C=O) groups is 2. The number of fused-ring (bicyclic) bond motifs is 2. The van der Waals surface area contributed by atoms with Crippen molar-refractivity contribution in [3.63, 3.8) is 0 Å². The zero-order valence-electron chi connectivity index (χ0n) is 14.8. The van der Waals surface area contributed by atoms with Gasteiger partial charge in [0.25, 0.3) is 5.91 Å². The van der Waals surface area contributed by atoms with Crippen molar-refractivity contribution in [2.45, 2.75) is 12.6 Å². The second-order valence-corrected chi connectivity index (χ2v) is 6.93. The fraction of sp³-hybridized carbons (Fsp3) is 0.500. The van der Waals surface area contributed by atoms with Gasteiger partial charge in [-0.3, -0.25) is 14.5 Å². The van der Waals surface area contributed by atoms with Crippen molar-refractivity contribution in [1.29, 1.82) is 0 Å². The highest BCUT2D eigenvalue weighted by molar-refractivity contribution is 5.98. The quantitative estimate of drug-likeness (QED) is 0.810. The first-order chi connectivity index (χ1) is 12.6. The van der Waals surface area contributed by atoms with Gasteiger partial charge >= 0.3 is 0 Å². The average molecular weight is 357 g/mol. The van der Waals surface area contributed by atoms with E-state index in [9.17, 15) is 9.59 Å². The molecule has 26 heavy (non-hydrogen) atoms. The van der Waals surface area contributed by atoms with Gasteiger partial charge in [-0.05, 0) is 18.2 Å². The van der Waals surface area contributed by atoms with Crippen molar-refractivity contribution in [3.8, 4) is 0 Å². The van der Waals surface area contributed by atoms with E-state index in [0.717, 1.165) is 30.7 Å². The fourth-order valence-corrected chi connectivity index (χ4v) is 3.82. The van der Waals surface area contributed by atoms with Gasteiger partial charge in [0.1, 0.15) is 6.04 Å². The minimum absolute atomic E-state index is 0.0419. The first-order valence-corrected chi connectivity index (χ1v) is 8.92. The first kappa shape index (κ1) is 17.0. The number of rotatable bonds is 3. The Hall–Kier alpha value is -2.45. The van der Waals surface area contributed by atoms with E-state index in [4.69, 9.17) is 5.11 Å². The number of carbonyl (C=O) groups excluding carboxylic acids is 2. The van der Waals surface area contributed by atoms with Gasteiger partial charge in [0, 0.05) is 51.9 Å². The zero-order valence-corrected chi connectivity index (χ0v) is 14.8. The Balaban J connectivity index is 1.54. The number of aliphatic hydroxyl groups excluding tert-OH is 1. The third-order valence-electron chi connectivity index (χ3n) is 5.37. The molecule has 2 amide bonds. The van der Waals surface area contributed by atoms with Crippen LogP contribution in [0.15, 0.2) is 24.5 Å². The molecule has 8 nitrogen and oxygen atoms in total. The van der Waals surface area contributed by atoms with E-state index in [1.807, 2.05) is 17.7 Å². The summed E-state index contributed by atoms with van der Waals surface area (Å²) in [5.41, 5.74) is 2.21. The van der Waals surface area contributed by atoms with Crippen LogP contribution in [-0.2, 0) is 11.3 Å². The third kappa shape index (κ3) is 2.85. The van der Waals surface area contributed by atoms with Crippen LogP contribution < -0.4 is 0 Å². The molecule has 8 heteroatoms. The number of nitrogens with zero attached hydrogens (tertiary/aromatic N) is 5. The van der Waals surface area contributed by atoms with Crippen LogP contribution in [-0.4, -0.2) is 93.6 Å². The van der Waals surface area contributed by atoms with Gasteiger partial charge in [0.2, 0.25) is 5.91 Å². The Morgan fingerprint density at radius 1 is 1.27 bits per heavy atom. The zero-order chi connectivity index (χ0) is 18.3. The van der Waals surface area contributed by atoms with Crippen LogP contribution in [0.2, 0.25) is 0 Å². The summed E-state index contributed by atoms with van der Waals surface area (Å²) in [6.45, 7) is 3.91. The van der Waals surface area contributed by atoms with Gasteiger partial charge in [-0.15, -0.1) is 0 Å². The lowest BCUT2D eigenvalue weighted by atomic mass is 10.1. The van der Waals surface area contributed by atoms with Gasteiger partial charge in [0.15, 0.2) is 0 Å². The molecule has 0 spiro atoms. The lowest BCUT2D eigenvalue weighted by Crippen LogP contribution is -2.64. The van der Waals surface area contributed by atoms with Crippen molar-refractivity contribution in [2.75, 3.05) is 46.4 Å². The molecule has 3 heterocycles. The standard InChI is InChI=1S/C18H23N5O3/c1-20-4-5-21-6-7-22(11-16(21)18(20)26)17(25)13-2-3-15-14(10-13)19-12-23(15)8-9-24/h2-3,10,12,16,24H,4-9,11H2,1H3/t16-/m0/s1. The van der Waals surface area contributed by atoms with Crippen molar-refractivity contribution in [2.24, 2.45) is 0 Å². The molecule has 0 radical (unpaired) electrons. The molecule has 0 saturated carbocycles. The molecule has 0 unspecified atom stereocenters. The SMILES string of the molecule is CN1CCN2CCN(C(=O)c3ccc4c(c3)ncn4CCO)C[C@H]2C1=O. The van der Waals surface area contributed by atoms with E-state index >= 15 is 0 Å². The Morgan fingerprint density at radius 3 is 2.88 bits per heavy atom. The lowest BCUT2D eigenvalue weighted by Gasteiger charge is -2.45. The summed E-state index contributed by atoms with van der Waals surface area (Å²) in [5, 5.41) is 9.10. The number of aliphatic hydroxyl groups is 1. The lowest BCUT2D eigenvalue weighted by molar-refractivity contribution is -0.142. The number of hydrogen-bond donors (Lipinski definition) is 1. The van der Waals surface area contributed by atoms with E-state index in [1.54, 1.807) is 28.3 Å². The summed E-state index contributed by atoms with van der Waals surface area (Å²) in [4.78, 5) is 35.4. The van der Waals surface area contributed by atoms with E-state index in [-0.39, 0.29) is 24.5 Å². The molecule has 4 rings (SSSR count). The van der Waals surface area contributed by atoms with E-state index in [1.165, 1.54) is 0 Å². The maximum atomic E-state index is 12.9. The van der Waals surface area contributed by atoms with Crippen LogP contribution >= 0.6 is 0 Å². The summed E-state index contributed by atoms with van der Waals surface area (Å²) in [6.07, 6.45) is 1.67. The molecule has 1 aromatic heterocycles. The summed E-state index contributed by atoms with van der Waals surface area (Å²) in [7, 11) is 1.82. The molecule has 1 aromatic carbocycles. The average Bonchev–Trinajstić information content (AvgIpc) is 3.06. The third-order valence-corrected chi connectivity index (χ3v) is 5.37. The molecule has 2 fully saturated rings. The Labute approximate surface area is 151 Å². The van der Waals surface area contributed by atoms with Gasteiger partial charge in [0.05, 0.1) is 24.0 Å². The molecule has 0 bridgehead atoms. The normalized spacial score (nSPS) is 21.3. The molecule has 138 valence electrons. The van der Waals surface area contributed by atoms with Crippen LogP contribution in [0.4, 0.5) is 0 Å². The Morgan fingerprint density at radius 2 is 2.08 bits per heavy atom. The number of benzene rings is 1. The molecular weight excluding hydrogens is 334 g/mol. The van der Waals surface area contributed by atoms with E-state index in [2.05, 4.69) is 9.88 Å². The molecular formula is C18H23N5O3. The topological polar surface area (TPSA) is 81.9 Å². The number of likely N-dealkylation sites (N-methyl/N-ethyl adjacent to an activating group) is 1. The van der Waals surface area contributed by atoms with Gasteiger partial charge in [-0.1, -0.05) is 0 Å². The molecule has 1 atom stereocenters. The molecule has 1 N–H and O–H groups in total. The van der Waals surface area contributed by atoms with Gasteiger partial charge in [-0.25, -0.2) is 4.98 Å². The number of imidazole rings is 1. The minimum atomic E-state index is -0.237. The Bertz CT molecular complexity index is 848. The largest absolute Gasteiger partial charge is 0.395 e. The van der Waals surface area contributed by atoms with Crippen molar-refractivity contribution < 1.29 is 14.7 Å². The van der Waals surface area contributed by atoms with Gasteiger partial charge in [-0.2, -0.15) is 0 Å². The molecule has 2 aromatic rings. The fourth-order valence-electron chi connectivity index (χ4n) is 3.82. The summed E-state index contributed by atoms with van der Waals surface area (Å²) >= 11 is 0. The summed E-state index contributed by atoms with van der Waals surface area (Å²) in [5.74, 6) is 0.0243. The summed E-state index contributed by atoms with van der Waals surface area (Å²) in [6, 6.07) is 5.20. The first-order valence-electron chi connectivity index (χ1n) is 8.92. The summed E-state index contributed by atoms with van der Waals surface area (Å²) < 4.78 is 1.86. The molecule has 2 saturated heterocycles. The highest BCUT2D eigenvalue weighted by Gasteiger charge is 2.38. The van der Waals surface area contributed by atoms with Crippen LogP contribution in [0, 0.1) is 0 Å². The van der Waals surface area contributed by atoms with Gasteiger partial charge < -0.3 is 19.5 Å². The second kappa shape index (κ2) is 6.69. The van der Waals surface area contributed by atoms with Crippen LogP contribution in [0.25, 0.3) is 11.0 Å². The van der Waals surface area contributed by atoms with Crippen LogP contribution in [0.3, 0.4) is 0 Å². The molecule has 2 aliphatic rings.